The Bertz CT molecular complexity index is 332. The van der Waals surface area contributed by atoms with Crippen LogP contribution in [-0.2, 0) is 5.88 Å². The maximum atomic E-state index is 5.84. The molecule has 1 aliphatic heterocycles. The Morgan fingerprint density at radius 2 is 2.19 bits per heavy atom. The van der Waals surface area contributed by atoms with E-state index in [9.17, 15) is 0 Å². The monoisotopic (exact) mass is 238 g/mol. The molecule has 0 radical (unpaired) electrons. The van der Waals surface area contributed by atoms with Gasteiger partial charge in [0, 0.05) is 25.2 Å². The van der Waals surface area contributed by atoms with Crippen molar-refractivity contribution in [2.75, 3.05) is 18.0 Å². The standard InChI is InChI=1S/C13H19ClN2/c1-2-11-4-7-16(8-5-11)13-9-12(10-14)3-6-15-13/h3,6,9,11H,2,4-5,7-8,10H2,1H3. The third kappa shape index (κ3) is 2.67. The number of aromatic nitrogens is 1. The molecule has 0 N–H and O–H groups in total. The number of alkyl halides is 1. The number of hydrogen-bond donors (Lipinski definition) is 0. The summed E-state index contributed by atoms with van der Waals surface area (Å²) in [5.74, 6) is 2.57. The molecule has 0 saturated carbocycles. The molecule has 1 aliphatic rings. The molecule has 0 bridgehead atoms. The summed E-state index contributed by atoms with van der Waals surface area (Å²) in [6.07, 6.45) is 5.76. The van der Waals surface area contributed by atoms with Crippen molar-refractivity contribution in [2.45, 2.75) is 32.1 Å². The predicted octanol–water partition coefficient (Wildman–Crippen LogP) is 3.45. The van der Waals surface area contributed by atoms with Gasteiger partial charge in [-0.25, -0.2) is 4.98 Å². The molecule has 2 rings (SSSR count). The number of rotatable bonds is 3. The normalized spacial score (nSPS) is 17.8. The molecule has 2 heterocycles. The van der Waals surface area contributed by atoms with E-state index in [1.165, 1.54) is 19.3 Å². The molecule has 1 fully saturated rings. The van der Waals surface area contributed by atoms with Crippen LogP contribution in [0.3, 0.4) is 0 Å². The van der Waals surface area contributed by atoms with Crippen LogP contribution in [0.2, 0.25) is 0 Å². The Morgan fingerprint density at radius 3 is 2.81 bits per heavy atom. The van der Waals surface area contributed by atoms with Crippen LogP contribution in [0.15, 0.2) is 18.3 Å². The number of anilines is 1. The summed E-state index contributed by atoms with van der Waals surface area (Å²) in [7, 11) is 0. The molecular weight excluding hydrogens is 220 g/mol. The lowest BCUT2D eigenvalue weighted by Gasteiger charge is -2.32. The van der Waals surface area contributed by atoms with Gasteiger partial charge in [-0.2, -0.15) is 0 Å². The Balaban J connectivity index is 2.02. The average Bonchev–Trinajstić information content (AvgIpc) is 2.39. The van der Waals surface area contributed by atoms with Gasteiger partial charge in [-0.15, -0.1) is 11.6 Å². The summed E-state index contributed by atoms with van der Waals surface area (Å²) in [4.78, 5) is 6.81. The van der Waals surface area contributed by atoms with Crippen molar-refractivity contribution in [1.82, 2.24) is 4.98 Å². The van der Waals surface area contributed by atoms with E-state index in [0.29, 0.717) is 5.88 Å². The van der Waals surface area contributed by atoms with Crippen LogP contribution >= 0.6 is 11.6 Å². The van der Waals surface area contributed by atoms with Crippen molar-refractivity contribution in [3.63, 3.8) is 0 Å². The zero-order chi connectivity index (χ0) is 11.4. The van der Waals surface area contributed by atoms with E-state index in [1.54, 1.807) is 0 Å². The van der Waals surface area contributed by atoms with Gasteiger partial charge >= 0.3 is 0 Å². The van der Waals surface area contributed by atoms with E-state index in [0.717, 1.165) is 30.4 Å². The number of piperidine rings is 1. The minimum atomic E-state index is 0.570. The van der Waals surface area contributed by atoms with Crippen molar-refractivity contribution in [3.8, 4) is 0 Å². The largest absolute Gasteiger partial charge is 0.357 e. The smallest absolute Gasteiger partial charge is 0.128 e. The van der Waals surface area contributed by atoms with Gasteiger partial charge in [0.1, 0.15) is 5.82 Å². The molecule has 0 amide bonds. The SMILES string of the molecule is CCC1CCN(c2cc(CCl)ccn2)CC1. The van der Waals surface area contributed by atoms with Gasteiger partial charge in [0.15, 0.2) is 0 Å². The Labute approximate surface area is 103 Å². The first-order chi connectivity index (χ1) is 7.83. The summed E-state index contributed by atoms with van der Waals surface area (Å²) in [5.41, 5.74) is 1.16. The maximum Gasteiger partial charge on any atom is 0.128 e. The second-order valence-electron chi connectivity index (χ2n) is 4.49. The van der Waals surface area contributed by atoms with Crippen LogP contribution in [0.1, 0.15) is 31.7 Å². The Kier molecular flexibility index (Phi) is 4.05. The van der Waals surface area contributed by atoms with Gasteiger partial charge < -0.3 is 4.90 Å². The fraction of sp³-hybridized carbons (Fsp3) is 0.615. The minimum absolute atomic E-state index is 0.570. The molecule has 3 heteroatoms. The first kappa shape index (κ1) is 11.7. The van der Waals surface area contributed by atoms with E-state index >= 15 is 0 Å². The molecule has 0 unspecified atom stereocenters. The third-order valence-corrected chi connectivity index (χ3v) is 3.79. The van der Waals surface area contributed by atoms with Gasteiger partial charge in [0.2, 0.25) is 0 Å². The number of pyridine rings is 1. The first-order valence-electron chi connectivity index (χ1n) is 6.09. The zero-order valence-corrected chi connectivity index (χ0v) is 10.6. The molecule has 16 heavy (non-hydrogen) atoms. The van der Waals surface area contributed by atoms with Gasteiger partial charge in [-0.1, -0.05) is 13.3 Å². The molecule has 1 aromatic heterocycles. The van der Waals surface area contributed by atoms with Crippen LogP contribution < -0.4 is 4.90 Å². The summed E-state index contributed by atoms with van der Waals surface area (Å²) in [6, 6.07) is 4.09. The average molecular weight is 239 g/mol. The summed E-state index contributed by atoms with van der Waals surface area (Å²) < 4.78 is 0. The van der Waals surface area contributed by atoms with Crippen molar-refractivity contribution in [3.05, 3.63) is 23.9 Å². The number of hydrogen-bond acceptors (Lipinski definition) is 2. The molecular formula is C13H19ClN2. The molecule has 1 saturated heterocycles. The quantitative estimate of drug-likeness (QED) is 0.750. The summed E-state index contributed by atoms with van der Waals surface area (Å²) >= 11 is 5.84. The second-order valence-corrected chi connectivity index (χ2v) is 4.76. The van der Waals surface area contributed by atoms with Crippen molar-refractivity contribution >= 4 is 17.4 Å². The van der Waals surface area contributed by atoms with E-state index in [2.05, 4.69) is 22.9 Å². The minimum Gasteiger partial charge on any atom is -0.357 e. The molecule has 0 aliphatic carbocycles. The van der Waals surface area contributed by atoms with Crippen molar-refractivity contribution < 1.29 is 0 Å². The molecule has 2 nitrogen and oxygen atoms in total. The highest BCUT2D eigenvalue weighted by molar-refractivity contribution is 6.17. The lowest BCUT2D eigenvalue weighted by molar-refractivity contribution is 0.394. The fourth-order valence-corrected chi connectivity index (χ4v) is 2.45. The van der Waals surface area contributed by atoms with Gasteiger partial charge in [0.05, 0.1) is 0 Å². The van der Waals surface area contributed by atoms with Gasteiger partial charge in [0.25, 0.3) is 0 Å². The Hall–Kier alpha value is -0.760. The molecule has 0 aromatic carbocycles. The van der Waals surface area contributed by atoms with Crippen LogP contribution in [0.4, 0.5) is 5.82 Å². The molecule has 88 valence electrons. The lowest BCUT2D eigenvalue weighted by atomic mass is 9.94. The van der Waals surface area contributed by atoms with Gasteiger partial charge in [-0.3, -0.25) is 0 Å². The van der Waals surface area contributed by atoms with E-state index in [4.69, 9.17) is 11.6 Å². The van der Waals surface area contributed by atoms with Crippen molar-refractivity contribution in [1.29, 1.82) is 0 Å². The predicted molar refractivity (Wildman–Crippen MR) is 69.0 cm³/mol. The summed E-state index contributed by atoms with van der Waals surface area (Å²) in [5, 5.41) is 0. The zero-order valence-electron chi connectivity index (χ0n) is 9.82. The highest BCUT2D eigenvalue weighted by Gasteiger charge is 2.18. The summed E-state index contributed by atoms with van der Waals surface area (Å²) in [6.45, 7) is 4.56. The van der Waals surface area contributed by atoms with E-state index in [-0.39, 0.29) is 0 Å². The second kappa shape index (κ2) is 5.53. The Morgan fingerprint density at radius 1 is 1.44 bits per heavy atom. The highest BCUT2D eigenvalue weighted by atomic mass is 35.5. The van der Waals surface area contributed by atoms with Crippen LogP contribution in [0.5, 0.6) is 0 Å². The maximum absolute atomic E-state index is 5.84. The molecule has 1 aromatic rings. The third-order valence-electron chi connectivity index (χ3n) is 3.48. The van der Waals surface area contributed by atoms with Crippen molar-refractivity contribution in [2.24, 2.45) is 5.92 Å². The fourth-order valence-electron chi connectivity index (χ4n) is 2.29. The molecule has 0 spiro atoms. The highest BCUT2D eigenvalue weighted by Crippen LogP contribution is 2.24. The topological polar surface area (TPSA) is 16.1 Å². The number of halogens is 1. The van der Waals surface area contributed by atoms with E-state index in [1.807, 2.05) is 12.3 Å². The molecule has 0 atom stereocenters. The van der Waals surface area contributed by atoms with Crippen LogP contribution in [0, 0.1) is 5.92 Å². The first-order valence-corrected chi connectivity index (χ1v) is 6.62. The van der Waals surface area contributed by atoms with E-state index < -0.39 is 0 Å². The van der Waals surface area contributed by atoms with Crippen LogP contribution in [0.25, 0.3) is 0 Å². The van der Waals surface area contributed by atoms with Gasteiger partial charge in [-0.05, 0) is 36.5 Å². The van der Waals surface area contributed by atoms with Crippen LogP contribution in [-0.4, -0.2) is 18.1 Å². The lowest BCUT2D eigenvalue weighted by Crippen LogP contribution is -2.34. The number of nitrogens with zero attached hydrogens (tertiary/aromatic N) is 2.